The molecule has 0 spiro atoms. The molecule has 0 radical (unpaired) electrons. The van der Waals surface area contributed by atoms with Crippen LogP contribution in [0.3, 0.4) is 0 Å². The number of carbonyl (C=O) groups is 1. The molecule has 0 unspecified atom stereocenters. The Morgan fingerprint density at radius 1 is 1.06 bits per heavy atom. The van der Waals surface area contributed by atoms with E-state index in [1.54, 1.807) is 17.6 Å². The summed E-state index contributed by atoms with van der Waals surface area (Å²) in [6.45, 7) is 5.61. The van der Waals surface area contributed by atoms with Crippen molar-refractivity contribution in [3.05, 3.63) is 83.1 Å². The van der Waals surface area contributed by atoms with Crippen LogP contribution in [0.15, 0.2) is 71.3 Å². The number of benzene rings is 2. The number of nitrogens with one attached hydrogen (secondary N) is 1. The minimum absolute atomic E-state index is 0.0658. The maximum atomic E-state index is 13.0. The van der Waals surface area contributed by atoms with Gasteiger partial charge in [0.2, 0.25) is 5.89 Å². The van der Waals surface area contributed by atoms with Crippen molar-refractivity contribution in [1.29, 1.82) is 0 Å². The summed E-state index contributed by atoms with van der Waals surface area (Å²) < 4.78 is 11.2. The minimum atomic E-state index is -0.0658. The maximum absolute atomic E-state index is 13.0. The van der Waals surface area contributed by atoms with Gasteiger partial charge in [0, 0.05) is 37.2 Å². The predicted octanol–water partition coefficient (Wildman–Crippen LogP) is 5.19. The Bertz CT molecular complexity index is 1240. The molecule has 1 aliphatic rings. The highest BCUT2D eigenvalue weighted by atomic mass is 32.1. The van der Waals surface area contributed by atoms with E-state index in [0.29, 0.717) is 36.9 Å². The lowest BCUT2D eigenvalue weighted by Gasteiger charge is -2.28. The molecule has 1 amide bonds. The number of hydrogen-bond donors (Lipinski definition) is 1. The Balaban J connectivity index is 1.26. The second kappa shape index (κ2) is 10.2. The third-order valence-electron chi connectivity index (χ3n) is 5.84. The molecule has 3 heterocycles. The lowest BCUT2D eigenvalue weighted by Crippen LogP contribution is -2.35. The Morgan fingerprint density at radius 2 is 1.82 bits per heavy atom. The third kappa shape index (κ3) is 5.05. The van der Waals surface area contributed by atoms with Crippen LogP contribution >= 0.6 is 11.3 Å². The summed E-state index contributed by atoms with van der Waals surface area (Å²) in [5.74, 6) is 0.534. The SMILES string of the molecule is Cc1ccc(-c2nc(CCNC(=O)c3cc(-c4ccccc4)c(N4CCOCC4)s3)co2)cc1. The van der Waals surface area contributed by atoms with Gasteiger partial charge in [-0.05, 0) is 30.7 Å². The van der Waals surface area contributed by atoms with Gasteiger partial charge >= 0.3 is 0 Å². The average molecular weight is 474 g/mol. The van der Waals surface area contributed by atoms with Crippen LogP contribution in [-0.4, -0.2) is 43.7 Å². The number of aromatic nitrogens is 1. The van der Waals surface area contributed by atoms with Crippen molar-refractivity contribution in [2.24, 2.45) is 0 Å². The summed E-state index contributed by atoms with van der Waals surface area (Å²) in [6, 6.07) is 20.3. The summed E-state index contributed by atoms with van der Waals surface area (Å²) >= 11 is 1.54. The van der Waals surface area contributed by atoms with Crippen molar-refractivity contribution in [2.75, 3.05) is 37.7 Å². The summed E-state index contributed by atoms with van der Waals surface area (Å²) in [5.41, 5.74) is 5.17. The smallest absolute Gasteiger partial charge is 0.261 e. The highest BCUT2D eigenvalue weighted by Gasteiger charge is 2.22. The standard InChI is InChI=1S/C27H27N3O3S/c1-19-7-9-21(10-8-19)26-29-22(18-33-26)11-12-28-25(31)24-17-23(20-5-3-2-4-6-20)27(34-24)30-13-15-32-16-14-30/h2-10,17-18H,11-16H2,1H3,(H,28,31). The van der Waals surface area contributed by atoms with Crippen molar-refractivity contribution in [2.45, 2.75) is 13.3 Å². The van der Waals surface area contributed by atoms with Gasteiger partial charge in [-0.1, -0.05) is 48.0 Å². The fourth-order valence-electron chi connectivity index (χ4n) is 3.96. The van der Waals surface area contributed by atoms with E-state index in [4.69, 9.17) is 9.15 Å². The zero-order chi connectivity index (χ0) is 23.3. The highest BCUT2D eigenvalue weighted by Crippen LogP contribution is 2.39. The largest absolute Gasteiger partial charge is 0.444 e. The Hall–Kier alpha value is -3.42. The molecule has 2 aromatic heterocycles. The van der Waals surface area contributed by atoms with Crippen LogP contribution in [-0.2, 0) is 11.2 Å². The maximum Gasteiger partial charge on any atom is 0.261 e. The van der Waals surface area contributed by atoms with Gasteiger partial charge < -0.3 is 19.4 Å². The van der Waals surface area contributed by atoms with Gasteiger partial charge in [-0.25, -0.2) is 4.98 Å². The number of carbonyl (C=O) groups excluding carboxylic acids is 1. The normalized spacial score (nSPS) is 13.7. The molecule has 174 valence electrons. The summed E-state index contributed by atoms with van der Waals surface area (Å²) in [5, 5.41) is 4.17. The van der Waals surface area contributed by atoms with Crippen LogP contribution in [0.4, 0.5) is 5.00 Å². The number of morpholine rings is 1. The quantitative estimate of drug-likeness (QED) is 0.400. The molecule has 0 aliphatic carbocycles. The first-order valence-electron chi connectivity index (χ1n) is 11.5. The van der Waals surface area contributed by atoms with Crippen LogP contribution in [0, 0.1) is 6.92 Å². The van der Waals surface area contributed by atoms with Crippen LogP contribution in [0.25, 0.3) is 22.6 Å². The summed E-state index contributed by atoms with van der Waals surface area (Å²) in [6.07, 6.45) is 2.27. The molecule has 1 aliphatic heterocycles. The van der Waals surface area contributed by atoms with E-state index in [0.717, 1.165) is 40.5 Å². The lowest BCUT2D eigenvalue weighted by atomic mass is 10.1. The lowest BCUT2D eigenvalue weighted by molar-refractivity contribution is 0.0958. The highest BCUT2D eigenvalue weighted by molar-refractivity contribution is 7.18. The molecule has 0 atom stereocenters. The number of aryl methyl sites for hydroxylation is 1. The van der Waals surface area contributed by atoms with E-state index >= 15 is 0 Å². The molecule has 1 fully saturated rings. The number of anilines is 1. The van der Waals surface area contributed by atoms with Crippen molar-refractivity contribution >= 4 is 22.2 Å². The molecule has 1 N–H and O–H groups in total. The minimum Gasteiger partial charge on any atom is -0.444 e. The number of amides is 1. The molecular weight excluding hydrogens is 446 g/mol. The Labute approximate surface area is 203 Å². The van der Waals surface area contributed by atoms with E-state index < -0.39 is 0 Å². The zero-order valence-electron chi connectivity index (χ0n) is 19.1. The first-order chi connectivity index (χ1) is 16.7. The summed E-state index contributed by atoms with van der Waals surface area (Å²) in [7, 11) is 0. The fourth-order valence-corrected chi connectivity index (χ4v) is 5.11. The Kier molecular flexibility index (Phi) is 6.74. The topological polar surface area (TPSA) is 67.6 Å². The second-order valence-electron chi connectivity index (χ2n) is 8.31. The van der Waals surface area contributed by atoms with E-state index in [1.807, 2.05) is 55.5 Å². The van der Waals surface area contributed by atoms with Gasteiger partial charge in [-0.15, -0.1) is 11.3 Å². The van der Waals surface area contributed by atoms with E-state index in [9.17, 15) is 4.79 Å². The zero-order valence-corrected chi connectivity index (χ0v) is 19.9. The van der Waals surface area contributed by atoms with E-state index in [2.05, 4.69) is 27.3 Å². The summed E-state index contributed by atoms with van der Waals surface area (Å²) in [4.78, 5) is 20.6. The molecular formula is C27H27N3O3S. The van der Waals surface area contributed by atoms with Gasteiger partial charge in [0.05, 0.1) is 28.8 Å². The van der Waals surface area contributed by atoms with Crippen molar-refractivity contribution in [3.63, 3.8) is 0 Å². The molecule has 0 saturated carbocycles. The monoisotopic (exact) mass is 473 g/mol. The van der Waals surface area contributed by atoms with Gasteiger partial charge in [-0.3, -0.25) is 4.79 Å². The fraction of sp³-hybridized carbons (Fsp3) is 0.259. The van der Waals surface area contributed by atoms with Crippen molar-refractivity contribution in [3.8, 4) is 22.6 Å². The molecule has 34 heavy (non-hydrogen) atoms. The van der Waals surface area contributed by atoms with Gasteiger partial charge in [0.1, 0.15) is 6.26 Å². The predicted molar refractivity (Wildman–Crippen MR) is 136 cm³/mol. The molecule has 5 rings (SSSR count). The molecule has 0 bridgehead atoms. The number of hydrogen-bond acceptors (Lipinski definition) is 6. The van der Waals surface area contributed by atoms with Crippen molar-refractivity contribution in [1.82, 2.24) is 10.3 Å². The molecule has 7 heteroatoms. The first-order valence-corrected chi connectivity index (χ1v) is 12.3. The Morgan fingerprint density at radius 3 is 2.59 bits per heavy atom. The van der Waals surface area contributed by atoms with Gasteiger partial charge in [0.25, 0.3) is 5.91 Å². The van der Waals surface area contributed by atoms with Gasteiger partial charge in [-0.2, -0.15) is 0 Å². The molecule has 6 nitrogen and oxygen atoms in total. The second-order valence-corrected chi connectivity index (χ2v) is 9.34. The van der Waals surface area contributed by atoms with E-state index in [1.165, 1.54) is 5.56 Å². The average Bonchev–Trinajstić information content (AvgIpc) is 3.54. The van der Waals surface area contributed by atoms with Crippen LogP contribution in [0.1, 0.15) is 20.9 Å². The number of ether oxygens (including phenoxy) is 1. The van der Waals surface area contributed by atoms with E-state index in [-0.39, 0.29) is 5.91 Å². The number of thiophene rings is 1. The third-order valence-corrected chi connectivity index (χ3v) is 7.03. The molecule has 1 saturated heterocycles. The van der Waals surface area contributed by atoms with Gasteiger partial charge in [0.15, 0.2) is 0 Å². The van der Waals surface area contributed by atoms with Crippen LogP contribution in [0.2, 0.25) is 0 Å². The first kappa shape index (κ1) is 22.4. The molecule has 2 aromatic carbocycles. The number of nitrogens with zero attached hydrogens (tertiary/aromatic N) is 2. The number of oxazole rings is 1. The van der Waals surface area contributed by atoms with Crippen LogP contribution < -0.4 is 10.2 Å². The molecule has 4 aromatic rings. The van der Waals surface area contributed by atoms with Crippen LogP contribution in [0.5, 0.6) is 0 Å². The number of rotatable bonds is 7. The van der Waals surface area contributed by atoms with Crippen molar-refractivity contribution < 1.29 is 13.9 Å².